The number of nitrogens with one attached hydrogen (secondary N) is 1. The Kier molecular flexibility index (Phi) is 5.86. The quantitative estimate of drug-likeness (QED) is 0.623. The lowest BCUT2D eigenvalue weighted by Gasteiger charge is -2.16. The molecule has 3 aromatic rings. The van der Waals surface area contributed by atoms with E-state index in [1.54, 1.807) is 7.11 Å². The molecule has 1 N–H and O–H groups in total. The summed E-state index contributed by atoms with van der Waals surface area (Å²) in [4.78, 5) is 0. The highest BCUT2D eigenvalue weighted by atomic mass is 16.5. The van der Waals surface area contributed by atoms with Crippen molar-refractivity contribution in [3.05, 3.63) is 76.9 Å². The minimum Gasteiger partial charge on any atom is -0.496 e. The first-order valence-electron chi connectivity index (χ1n) is 9.15. The van der Waals surface area contributed by atoms with Gasteiger partial charge < -0.3 is 14.8 Å². The van der Waals surface area contributed by atoms with E-state index in [0.717, 1.165) is 45.0 Å². The van der Waals surface area contributed by atoms with Gasteiger partial charge in [-0.15, -0.1) is 0 Å². The zero-order valence-electron chi connectivity index (χ0n) is 16.7. The van der Waals surface area contributed by atoms with E-state index in [1.165, 1.54) is 0 Å². The number of hydrogen-bond acceptors (Lipinski definition) is 4. The zero-order valence-corrected chi connectivity index (χ0v) is 16.7. The molecule has 0 saturated heterocycles. The summed E-state index contributed by atoms with van der Waals surface area (Å²) in [5, 5.41) is 12.6. The summed E-state index contributed by atoms with van der Waals surface area (Å²) >= 11 is 0. The van der Waals surface area contributed by atoms with Crippen LogP contribution < -0.4 is 14.8 Å². The number of hydrogen-bond donors (Lipinski definition) is 1. The Morgan fingerprint density at radius 2 is 1.82 bits per heavy atom. The van der Waals surface area contributed by atoms with Gasteiger partial charge in [0, 0.05) is 12.7 Å². The number of methoxy groups -OCH3 is 1. The molecule has 0 fully saturated rings. The van der Waals surface area contributed by atoms with Crippen LogP contribution in [0.4, 0.5) is 5.69 Å². The van der Waals surface area contributed by atoms with Gasteiger partial charge in [-0.2, -0.15) is 5.26 Å². The number of nitriles is 1. The molecule has 0 heterocycles. The van der Waals surface area contributed by atoms with Crippen molar-refractivity contribution in [3.63, 3.8) is 0 Å². The topological polar surface area (TPSA) is 54.3 Å². The van der Waals surface area contributed by atoms with E-state index >= 15 is 0 Å². The van der Waals surface area contributed by atoms with Gasteiger partial charge in [0.05, 0.1) is 24.3 Å². The minimum absolute atomic E-state index is 0.397. The molecule has 4 heteroatoms. The predicted octanol–water partition coefficient (Wildman–Crippen LogP) is 5.47. The van der Waals surface area contributed by atoms with Crippen molar-refractivity contribution in [3.8, 4) is 28.7 Å². The van der Waals surface area contributed by atoms with Gasteiger partial charge >= 0.3 is 0 Å². The second-order valence-corrected chi connectivity index (χ2v) is 6.67. The number of rotatable bonds is 6. The molecule has 0 unspecified atom stereocenters. The molecule has 0 aliphatic carbocycles. The second-order valence-electron chi connectivity index (χ2n) is 6.67. The van der Waals surface area contributed by atoms with Crippen LogP contribution in [-0.4, -0.2) is 14.2 Å². The molecular weight excluding hydrogens is 348 g/mol. The fourth-order valence-corrected chi connectivity index (χ4v) is 3.27. The molecule has 0 aliphatic rings. The highest BCUT2D eigenvalue weighted by molar-refractivity contribution is 5.72. The molecule has 0 aromatic heterocycles. The van der Waals surface area contributed by atoms with Gasteiger partial charge in [-0.3, -0.25) is 0 Å². The first-order valence-corrected chi connectivity index (χ1v) is 9.15. The molecule has 0 saturated carbocycles. The van der Waals surface area contributed by atoms with Crippen molar-refractivity contribution < 1.29 is 9.47 Å². The van der Waals surface area contributed by atoms with Crippen molar-refractivity contribution in [2.75, 3.05) is 19.5 Å². The summed E-state index contributed by atoms with van der Waals surface area (Å²) < 4.78 is 11.6. The predicted molar refractivity (Wildman–Crippen MR) is 113 cm³/mol. The summed E-state index contributed by atoms with van der Waals surface area (Å²) in [6, 6.07) is 20.1. The van der Waals surface area contributed by atoms with E-state index in [9.17, 15) is 5.26 Å². The summed E-state index contributed by atoms with van der Waals surface area (Å²) in [5.41, 5.74) is 6.67. The Labute approximate surface area is 166 Å². The van der Waals surface area contributed by atoms with Crippen molar-refractivity contribution in [1.82, 2.24) is 0 Å². The monoisotopic (exact) mass is 372 g/mol. The van der Waals surface area contributed by atoms with Gasteiger partial charge in [0.2, 0.25) is 0 Å². The van der Waals surface area contributed by atoms with Crippen LogP contribution in [0.25, 0.3) is 11.1 Å². The van der Waals surface area contributed by atoms with Gasteiger partial charge in [0.1, 0.15) is 18.1 Å². The lowest BCUT2D eigenvalue weighted by molar-refractivity contribution is 0.295. The zero-order chi connectivity index (χ0) is 20.1. The summed E-state index contributed by atoms with van der Waals surface area (Å²) in [6.07, 6.45) is 0. The van der Waals surface area contributed by atoms with E-state index in [4.69, 9.17) is 9.47 Å². The molecular formula is C24H24N2O2. The Bertz CT molecular complexity index is 1010. The maximum absolute atomic E-state index is 9.44. The van der Waals surface area contributed by atoms with Crippen LogP contribution in [0.2, 0.25) is 0 Å². The normalized spacial score (nSPS) is 10.2. The lowest BCUT2D eigenvalue weighted by Crippen LogP contribution is -2.04. The van der Waals surface area contributed by atoms with E-state index in [0.29, 0.717) is 12.2 Å². The van der Waals surface area contributed by atoms with E-state index < -0.39 is 0 Å². The van der Waals surface area contributed by atoms with Crippen LogP contribution in [0.1, 0.15) is 22.3 Å². The summed E-state index contributed by atoms with van der Waals surface area (Å²) in [6.45, 7) is 4.40. The smallest absolute Gasteiger partial charge is 0.127 e. The fourth-order valence-electron chi connectivity index (χ4n) is 3.27. The molecule has 0 bridgehead atoms. The van der Waals surface area contributed by atoms with Crippen LogP contribution in [0.15, 0.2) is 54.6 Å². The fraction of sp³-hybridized carbons (Fsp3) is 0.208. The minimum atomic E-state index is 0.397. The third-order valence-electron chi connectivity index (χ3n) is 4.78. The lowest BCUT2D eigenvalue weighted by atomic mass is 9.97. The average molecular weight is 372 g/mol. The molecule has 28 heavy (non-hydrogen) atoms. The largest absolute Gasteiger partial charge is 0.496 e. The summed E-state index contributed by atoms with van der Waals surface area (Å²) in [5.74, 6) is 1.60. The highest BCUT2D eigenvalue weighted by Crippen LogP contribution is 2.31. The molecule has 0 spiro atoms. The van der Waals surface area contributed by atoms with Gasteiger partial charge in [0.15, 0.2) is 0 Å². The van der Waals surface area contributed by atoms with Crippen LogP contribution >= 0.6 is 0 Å². The summed E-state index contributed by atoms with van der Waals surface area (Å²) in [7, 11) is 3.54. The van der Waals surface area contributed by atoms with Crippen LogP contribution in [-0.2, 0) is 6.61 Å². The third kappa shape index (κ3) is 3.94. The maximum atomic E-state index is 9.44. The Hall–Kier alpha value is -3.45. The van der Waals surface area contributed by atoms with Crippen molar-refractivity contribution in [2.24, 2.45) is 0 Å². The number of anilines is 1. The van der Waals surface area contributed by atoms with Crippen LogP contribution in [0.3, 0.4) is 0 Å². The van der Waals surface area contributed by atoms with E-state index in [-0.39, 0.29) is 0 Å². The molecule has 0 aliphatic heterocycles. The second kappa shape index (κ2) is 8.49. The Morgan fingerprint density at radius 1 is 1.00 bits per heavy atom. The average Bonchev–Trinajstić information content (AvgIpc) is 2.72. The van der Waals surface area contributed by atoms with Gasteiger partial charge in [-0.05, 0) is 66.4 Å². The Balaban J connectivity index is 1.86. The van der Waals surface area contributed by atoms with E-state index in [1.807, 2.05) is 69.4 Å². The Morgan fingerprint density at radius 3 is 2.50 bits per heavy atom. The SMILES string of the molecule is CNc1cccc(OC)c1COc1ccc(-c2ccc(C)cc2C#N)cc1C. The highest BCUT2D eigenvalue weighted by Gasteiger charge is 2.11. The molecule has 0 atom stereocenters. The van der Waals surface area contributed by atoms with Crippen molar-refractivity contribution in [1.29, 1.82) is 5.26 Å². The number of benzene rings is 3. The van der Waals surface area contributed by atoms with Gasteiger partial charge in [0.25, 0.3) is 0 Å². The molecule has 3 rings (SSSR count). The van der Waals surface area contributed by atoms with Crippen LogP contribution in [0, 0.1) is 25.2 Å². The molecule has 3 aromatic carbocycles. The van der Waals surface area contributed by atoms with Gasteiger partial charge in [-0.1, -0.05) is 24.3 Å². The molecule has 0 amide bonds. The molecule has 0 radical (unpaired) electrons. The standard InChI is InChI=1S/C24H24N2O2/c1-16-8-10-20(19(12-16)14-25)18-9-11-23(17(2)13-18)28-15-21-22(26-3)6-5-7-24(21)27-4/h5-13,26H,15H2,1-4H3. The molecule has 142 valence electrons. The maximum Gasteiger partial charge on any atom is 0.127 e. The third-order valence-corrected chi connectivity index (χ3v) is 4.78. The molecule has 4 nitrogen and oxygen atoms in total. The van der Waals surface area contributed by atoms with Crippen molar-refractivity contribution >= 4 is 5.69 Å². The first-order chi connectivity index (χ1) is 13.6. The van der Waals surface area contributed by atoms with Crippen LogP contribution in [0.5, 0.6) is 11.5 Å². The van der Waals surface area contributed by atoms with Gasteiger partial charge in [-0.25, -0.2) is 0 Å². The number of ether oxygens (including phenoxy) is 2. The van der Waals surface area contributed by atoms with E-state index in [2.05, 4.69) is 17.5 Å². The number of aryl methyl sites for hydroxylation is 2. The van der Waals surface area contributed by atoms with Crippen molar-refractivity contribution in [2.45, 2.75) is 20.5 Å². The first kappa shape index (κ1) is 19.3. The number of nitrogens with zero attached hydrogens (tertiary/aromatic N) is 1.